The van der Waals surface area contributed by atoms with Crippen molar-refractivity contribution in [2.45, 2.75) is 20.4 Å². The predicted molar refractivity (Wildman–Crippen MR) is 109 cm³/mol. The smallest absolute Gasteiger partial charge is 0.437 e. The number of nitrogens with zero attached hydrogens (tertiary/aromatic N) is 3. The van der Waals surface area contributed by atoms with Crippen molar-refractivity contribution in [2.75, 3.05) is 7.11 Å². The second kappa shape index (κ2) is 7.94. The highest BCUT2D eigenvalue weighted by molar-refractivity contribution is 5.97. The number of rotatable bonds is 6. The fraction of sp³-hybridized carbons (Fsp3) is 0.182. The molecule has 0 atom stereocenters. The van der Waals surface area contributed by atoms with Gasteiger partial charge in [-0.2, -0.15) is 4.68 Å². The van der Waals surface area contributed by atoms with E-state index in [1.165, 1.54) is 13.4 Å². The number of aromatic nitrogens is 3. The zero-order valence-corrected chi connectivity index (χ0v) is 17.1. The van der Waals surface area contributed by atoms with Gasteiger partial charge in [0, 0.05) is 22.6 Å². The lowest BCUT2D eigenvalue weighted by atomic mass is 10.1. The van der Waals surface area contributed by atoms with Gasteiger partial charge in [0.25, 0.3) is 5.89 Å². The topological polar surface area (TPSA) is 109 Å². The summed E-state index contributed by atoms with van der Waals surface area (Å²) in [5.74, 6) is -1.13. The number of esters is 1. The number of hydrogen-bond donors (Lipinski definition) is 0. The molecule has 0 unspecified atom stereocenters. The highest BCUT2D eigenvalue weighted by Gasteiger charge is 2.20. The van der Waals surface area contributed by atoms with Gasteiger partial charge in [-0.15, -0.1) is 5.10 Å². The average Bonchev–Trinajstić information content (AvgIpc) is 3.48. The van der Waals surface area contributed by atoms with Gasteiger partial charge in [0.15, 0.2) is 11.5 Å². The first kappa shape index (κ1) is 20.1. The van der Waals surface area contributed by atoms with Crippen molar-refractivity contribution >= 4 is 11.8 Å². The van der Waals surface area contributed by atoms with Gasteiger partial charge < -0.3 is 18.1 Å². The van der Waals surface area contributed by atoms with Gasteiger partial charge in [-0.25, -0.2) is 9.59 Å². The maximum atomic E-state index is 12.9. The zero-order valence-electron chi connectivity index (χ0n) is 17.1. The number of methoxy groups -OCH3 is 1. The van der Waals surface area contributed by atoms with Crippen LogP contribution >= 0.6 is 0 Å². The van der Waals surface area contributed by atoms with E-state index in [1.807, 2.05) is 18.4 Å². The van der Waals surface area contributed by atoms with Gasteiger partial charge in [0.1, 0.15) is 6.54 Å². The van der Waals surface area contributed by atoms with E-state index in [4.69, 9.17) is 13.6 Å². The molecule has 9 nitrogen and oxygen atoms in total. The van der Waals surface area contributed by atoms with Crippen molar-refractivity contribution in [3.05, 3.63) is 81.8 Å². The van der Waals surface area contributed by atoms with Gasteiger partial charge in [-0.1, -0.05) is 0 Å². The van der Waals surface area contributed by atoms with Crippen LogP contribution in [0.4, 0.5) is 0 Å². The molecule has 1 aromatic carbocycles. The lowest BCUT2D eigenvalue weighted by molar-refractivity contribution is 0.0600. The summed E-state index contributed by atoms with van der Waals surface area (Å²) in [7, 11) is 1.33. The monoisotopic (exact) mass is 421 g/mol. The molecule has 0 fully saturated rings. The van der Waals surface area contributed by atoms with E-state index in [9.17, 15) is 14.4 Å². The Hall–Kier alpha value is -4.14. The number of furan rings is 1. The van der Waals surface area contributed by atoms with Crippen LogP contribution in [0.5, 0.6) is 0 Å². The third-order valence-electron chi connectivity index (χ3n) is 4.91. The Morgan fingerprint density at radius 3 is 2.52 bits per heavy atom. The largest absolute Gasteiger partial charge is 0.465 e. The first-order chi connectivity index (χ1) is 14.9. The van der Waals surface area contributed by atoms with Gasteiger partial charge in [0.2, 0.25) is 0 Å². The maximum Gasteiger partial charge on any atom is 0.437 e. The predicted octanol–water partition coefficient (Wildman–Crippen LogP) is 3.17. The fourth-order valence-electron chi connectivity index (χ4n) is 3.43. The van der Waals surface area contributed by atoms with Crippen LogP contribution in [0.3, 0.4) is 0 Å². The van der Waals surface area contributed by atoms with Gasteiger partial charge in [-0.05, 0) is 56.3 Å². The minimum atomic E-state index is -0.744. The highest BCUT2D eigenvalue weighted by atomic mass is 16.5. The molecule has 0 amide bonds. The number of aryl methyl sites for hydroxylation is 1. The molecule has 9 heteroatoms. The first-order valence-electron chi connectivity index (χ1n) is 9.41. The highest BCUT2D eigenvalue weighted by Crippen LogP contribution is 2.22. The second-order valence-corrected chi connectivity index (χ2v) is 6.89. The Morgan fingerprint density at radius 1 is 1.13 bits per heavy atom. The van der Waals surface area contributed by atoms with Crippen LogP contribution in [0.25, 0.3) is 17.3 Å². The molecule has 31 heavy (non-hydrogen) atoms. The van der Waals surface area contributed by atoms with Crippen molar-refractivity contribution < 1.29 is 23.2 Å². The van der Waals surface area contributed by atoms with E-state index >= 15 is 0 Å². The molecular formula is C22H19N3O6. The molecular weight excluding hydrogens is 402 g/mol. The van der Waals surface area contributed by atoms with Crippen LogP contribution in [0.2, 0.25) is 0 Å². The van der Waals surface area contributed by atoms with Crippen molar-refractivity contribution in [3.63, 3.8) is 0 Å². The molecule has 0 saturated heterocycles. The molecule has 4 rings (SSSR count). The molecule has 3 heterocycles. The van der Waals surface area contributed by atoms with Crippen molar-refractivity contribution in [1.82, 2.24) is 14.3 Å². The summed E-state index contributed by atoms with van der Waals surface area (Å²) >= 11 is 0. The van der Waals surface area contributed by atoms with E-state index in [0.717, 1.165) is 16.1 Å². The third kappa shape index (κ3) is 3.73. The zero-order chi connectivity index (χ0) is 22.1. The van der Waals surface area contributed by atoms with Crippen molar-refractivity contribution in [3.8, 4) is 17.3 Å². The number of ether oxygens (including phenoxy) is 1. The van der Waals surface area contributed by atoms with Gasteiger partial charge in [-0.3, -0.25) is 4.79 Å². The van der Waals surface area contributed by atoms with Crippen molar-refractivity contribution in [1.29, 1.82) is 0 Å². The molecule has 0 bridgehead atoms. The summed E-state index contributed by atoms with van der Waals surface area (Å²) < 4.78 is 17.8. The molecule has 0 N–H and O–H groups in total. The van der Waals surface area contributed by atoms with Crippen molar-refractivity contribution in [2.24, 2.45) is 0 Å². The number of Topliss-reactive ketones (excluding diaryl/α,β-unsaturated/α-hetero) is 1. The molecule has 158 valence electrons. The lowest BCUT2D eigenvalue weighted by Gasteiger charge is -2.10. The molecule has 0 aliphatic heterocycles. The first-order valence-corrected chi connectivity index (χ1v) is 9.41. The number of ketones is 1. The van der Waals surface area contributed by atoms with Crippen LogP contribution in [0, 0.1) is 13.8 Å². The molecule has 0 saturated carbocycles. The normalized spacial score (nSPS) is 10.9. The number of carbonyl (C=O) groups is 2. The molecule has 4 aromatic rings. The second-order valence-electron chi connectivity index (χ2n) is 6.89. The summed E-state index contributed by atoms with van der Waals surface area (Å²) in [5.41, 5.74) is 3.22. The van der Waals surface area contributed by atoms with Crippen LogP contribution in [0.15, 0.2) is 62.4 Å². The van der Waals surface area contributed by atoms with Gasteiger partial charge >= 0.3 is 11.7 Å². The van der Waals surface area contributed by atoms with Crippen LogP contribution < -0.4 is 5.76 Å². The molecule has 0 aliphatic carbocycles. The van der Waals surface area contributed by atoms with E-state index in [1.54, 1.807) is 42.5 Å². The van der Waals surface area contributed by atoms with Crippen LogP contribution in [-0.2, 0) is 11.3 Å². The average molecular weight is 421 g/mol. The Kier molecular flexibility index (Phi) is 5.16. The molecule has 3 aromatic heterocycles. The minimum Gasteiger partial charge on any atom is -0.465 e. The number of benzene rings is 1. The SMILES string of the molecule is COC(=O)c1ccc(-n2c(C)cc(C(=O)Cn3nc(-c4ccco4)oc3=O)c2C)cc1. The summed E-state index contributed by atoms with van der Waals surface area (Å²) in [6.45, 7) is 3.41. The summed E-state index contributed by atoms with van der Waals surface area (Å²) in [6.07, 6.45) is 1.44. The standard InChI is InChI=1S/C22H19N3O6/c1-13-11-17(14(2)25(13)16-8-6-15(7-9-16)21(27)29-3)18(26)12-24-22(28)31-20(23-24)19-5-4-10-30-19/h4-11H,12H2,1-3H3. The van der Waals surface area contributed by atoms with E-state index in [0.29, 0.717) is 22.6 Å². The van der Waals surface area contributed by atoms with E-state index < -0.39 is 11.7 Å². The molecule has 0 radical (unpaired) electrons. The summed E-state index contributed by atoms with van der Waals surface area (Å²) in [6, 6.07) is 11.9. The van der Waals surface area contributed by atoms with E-state index in [-0.39, 0.29) is 18.2 Å². The molecule has 0 aliphatic rings. The van der Waals surface area contributed by atoms with E-state index in [2.05, 4.69) is 5.10 Å². The van der Waals surface area contributed by atoms with Crippen LogP contribution in [0.1, 0.15) is 32.1 Å². The lowest BCUT2D eigenvalue weighted by Crippen LogP contribution is -2.21. The van der Waals surface area contributed by atoms with Gasteiger partial charge in [0.05, 0.1) is 18.9 Å². The fourth-order valence-corrected chi connectivity index (χ4v) is 3.43. The quantitative estimate of drug-likeness (QED) is 0.347. The minimum absolute atomic E-state index is 0.0129. The summed E-state index contributed by atoms with van der Waals surface area (Å²) in [4.78, 5) is 36.7. The summed E-state index contributed by atoms with van der Waals surface area (Å²) in [5, 5.41) is 4.04. The Morgan fingerprint density at radius 2 is 1.87 bits per heavy atom. The Labute approximate surface area is 176 Å². The third-order valence-corrected chi connectivity index (χ3v) is 4.91. The Balaban J connectivity index is 1.61. The Bertz CT molecular complexity index is 1310. The maximum absolute atomic E-state index is 12.9. The number of carbonyl (C=O) groups excluding carboxylic acids is 2. The van der Waals surface area contributed by atoms with Crippen LogP contribution in [-0.4, -0.2) is 33.2 Å². The number of hydrogen-bond acceptors (Lipinski definition) is 7. The molecule has 0 spiro atoms.